The van der Waals surface area contributed by atoms with E-state index in [-0.39, 0.29) is 17.7 Å². The van der Waals surface area contributed by atoms with Crippen molar-refractivity contribution in [3.63, 3.8) is 0 Å². The maximum atomic E-state index is 12.3. The molecule has 2 aliphatic heterocycles. The van der Waals surface area contributed by atoms with Crippen LogP contribution >= 0.6 is 0 Å². The zero-order chi connectivity index (χ0) is 11.8. The number of carbonyl (C=O) groups is 2. The maximum absolute atomic E-state index is 12.3. The fourth-order valence-electron chi connectivity index (χ4n) is 3.01. The van der Waals surface area contributed by atoms with Crippen LogP contribution in [0.4, 0.5) is 0 Å². The second-order valence-corrected chi connectivity index (χ2v) is 5.56. The average Bonchev–Trinajstić information content (AvgIpc) is 3.13. The molecule has 3 aliphatic rings. The van der Waals surface area contributed by atoms with Crippen LogP contribution in [0.5, 0.6) is 0 Å². The lowest BCUT2D eigenvalue weighted by Gasteiger charge is -2.29. The Balaban J connectivity index is 1.60. The number of rotatable bonds is 2. The number of hydrogen-bond donors (Lipinski definition) is 0. The molecule has 0 N–H and O–H groups in total. The van der Waals surface area contributed by atoms with Crippen LogP contribution in [0, 0.1) is 5.92 Å². The van der Waals surface area contributed by atoms with E-state index in [0.717, 1.165) is 38.8 Å². The van der Waals surface area contributed by atoms with Gasteiger partial charge in [0.15, 0.2) is 0 Å². The zero-order valence-electron chi connectivity index (χ0n) is 10.2. The summed E-state index contributed by atoms with van der Waals surface area (Å²) in [6.45, 7) is 2.47. The molecule has 0 aromatic rings. The zero-order valence-corrected chi connectivity index (χ0v) is 10.2. The third-order valence-electron chi connectivity index (χ3n) is 4.16. The van der Waals surface area contributed by atoms with Crippen molar-refractivity contribution >= 4 is 11.8 Å². The van der Waals surface area contributed by atoms with Crippen LogP contribution in [0.1, 0.15) is 38.5 Å². The van der Waals surface area contributed by atoms with E-state index in [0.29, 0.717) is 19.0 Å². The minimum atomic E-state index is -0.0544. The van der Waals surface area contributed by atoms with Gasteiger partial charge in [-0.2, -0.15) is 0 Å². The van der Waals surface area contributed by atoms with E-state index in [9.17, 15) is 9.59 Å². The van der Waals surface area contributed by atoms with Crippen molar-refractivity contribution in [2.24, 2.45) is 5.92 Å². The third-order valence-corrected chi connectivity index (χ3v) is 4.16. The van der Waals surface area contributed by atoms with Crippen molar-refractivity contribution in [1.29, 1.82) is 0 Å². The fraction of sp³-hybridized carbons (Fsp3) is 0.846. The summed E-state index contributed by atoms with van der Waals surface area (Å²) < 4.78 is 0. The summed E-state index contributed by atoms with van der Waals surface area (Å²) in [6.07, 6.45) is 6.21. The van der Waals surface area contributed by atoms with Crippen molar-refractivity contribution in [3.8, 4) is 0 Å². The third kappa shape index (κ3) is 2.17. The molecule has 0 spiro atoms. The summed E-state index contributed by atoms with van der Waals surface area (Å²) in [6, 6.07) is 0.460. The maximum Gasteiger partial charge on any atom is 0.227 e. The summed E-state index contributed by atoms with van der Waals surface area (Å²) in [5.74, 6) is 0.366. The molecule has 94 valence electrons. The SMILES string of the molecule is O=C(C1CC(=O)N(C2CC2)C1)N1CCCCC1. The number of amides is 2. The summed E-state index contributed by atoms with van der Waals surface area (Å²) in [4.78, 5) is 28.0. The summed E-state index contributed by atoms with van der Waals surface area (Å²) in [7, 11) is 0. The fourth-order valence-corrected chi connectivity index (χ4v) is 3.01. The van der Waals surface area contributed by atoms with Gasteiger partial charge in [-0.3, -0.25) is 9.59 Å². The molecule has 4 heteroatoms. The van der Waals surface area contributed by atoms with Gasteiger partial charge in [0.1, 0.15) is 0 Å². The predicted molar refractivity (Wildman–Crippen MR) is 63.3 cm³/mol. The highest BCUT2D eigenvalue weighted by Gasteiger charge is 2.42. The van der Waals surface area contributed by atoms with Crippen LogP contribution in [-0.4, -0.2) is 47.3 Å². The van der Waals surface area contributed by atoms with Crippen molar-refractivity contribution in [1.82, 2.24) is 9.80 Å². The molecule has 4 nitrogen and oxygen atoms in total. The Morgan fingerprint density at radius 3 is 2.47 bits per heavy atom. The molecule has 2 amide bonds. The molecule has 1 unspecified atom stereocenters. The van der Waals surface area contributed by atoms with Crippen LogP contribution in [0.15, 0.2) is 0 Å². The van der Waals surface area contributed by atoms with Gasteiger partial charge in [0, 0.05) is 32.1 Å². The monoisotopic (exact) mass is 236 g/mol. The van der Waals surface area contributed by atoms with Crippen molar-refractivity contribution < 1.29 is 9.59 Å². The highest BCUT2D eigenvalue weighted by atomic mass is 16.2. The first-order valence-corrected chi connectivity index (χ1v) is 6.84. The number of carbonyl (C=O) groups excluding carboxylic acids is 2. The molecule has 1 aliphatic carbocycles. The molecule has 17 heavy (non-hydrogen) atoms. The molecule has 0 aromatic carbocycles. The molecule has 1 atom stereocenters. The normalized spacial score (nSPS) is 29.9. The lowest BCUT2D eigenvalue weighted by molar-refractivity contribution is -0.136. The Morgan fingerprint density at radius 2 is 1.82 bits per heavy atom. The van der Waals surface area contributed by atoms with E-state index < -0.39 is 0 Å². The summed E-state index contributed by atoms with van der Waals surface area (Å²) >= 11 is 0. The lowest BCUT2D eigenvalue weighted by Crippen LogP contribution is -2.40. The molecule has 1 saturated carbocycles. The number of likely N-dealkylation sites (tertiary alicyclic amines) is 2. The molecule has 0 aromatic heterocycles. The highest BCUT2D eigenvalue weighted by Crippen LogP contribution is 2.33. The van der Waals surface area contributed by atoms with Crippen LogP contribution in [-0.2, 0) is 9.59 Å². The highest BCUT2D eigenvalue weighted by molar-refractivity contribution is 5.89. The van der Waals surface area contributed by atoms with Gasteiger partial charge in [-0.05, 0) is 32.1 Å². The minimum Gasteiger partial charge on any atom is -0.342 e. The van der Waals surface area contributed by atoms with E-state index in [1.165, 1.54) is 6.42 Å². The van der Waals surface area contributed by atoms with E-state index in [1.54, 1.807) is 0 Å². The van der Waals surface area contributed by atoms with E-state index >= 15 is 0 Å². The molecule has 3 fully saturated rings. The van der Waals surface area contributed by atoms with Gasteiger partial charge in [-0.15, -0.1) is 0 Å². The van der Waals surface area contributed by atoms with E-state index in [2.05, 4.69) is 0 Å². The minimum absolute atomic E-state index is 0.0544. The van der Waals surface area contributed by atoms with Crippen molar-refractivity contribution in [3.05, 3.63) is 0 Å². The smallest absolute Gasteiger partial charge is 0.227 e. The van der Waals surface area contributed by atoms with Gasteiger partial charge in [-0.1, -0.05) is 0 Å². The molecule has 0 radical (unpaired) electrons. The van der Waals surface area contributed by atoms with E-state index in [1.807, 2.05) is 9.80 Å². The van der Waals surface area contributed by atoms with Gasteiger partial charge in [0.05, 0.1) is 5.92 Å². The summed E-state index contributed by atoms with van der Waals surface area (Å²) in [5.41, 5.74) is 0. The molecular formula is C13H20N2O2. The Hall–Kier alpha value is -1.06. The second-order valence-electron chi connectivity index (χ2n) is 5.56. The molecule has 2 heterocycles. The number of nitrogens with zero attached hydrogens (tertiary/aromatic N) is 2. The van der Waals surface area contributed by atoms with Gasteiger partial charge in [-0.25, -0.2) is 0 Å². The van der Waals surface area contributed by atoms with Gasteiger partial charge >= 0.3 is 0 Å². The Bertz CT molecular complexity index is 332. The Kier molecular flexibility index (Phi) is 2.81. The standard InChI is InChI=1S/C13H20N2O2/c16-12-8-10(9-15(12)11-4-5-11)13(17)14-6-2-1-3-7-14/h10-11H,1-9H2. The largest absolute Gasteiger partial charge is 0.342 e. The van der Waals surface area contributed by atoms with Crippen LogP contribution in [0.25, 0.3) is 0 Å². The first-order chi connectivity index (χ1) is 8.25. The molecule has 3 rings (SSSR count). The topological polar surface area (TPSA) is 40.6 Å². The van der Waals surface area contributed by atoms with Crippen molar-refractivity contribution in [2.45, 2.75) is 44.6 Å². The predicted octanol–water partition coefficient (Wildman–Crippen LogP) is 1.01. The van der Waals surface area contributed by atoms with Crippen LogP contribution in [0.2, 0.25) is 0 Å². The average molecular weight is 236 g/mol. The van der Waals surface area contributed by atoms with Gasteiger partial charge in [0.2, 0.25) is 11.8 Å². The second kappa shape index (κ2) is 4.31. The van der Waals surface area contributed by atoms with E-state index in [4.69, 9.17) is 0 Å². The van der Waals surface area contributed by atoms with Crippen LogP contribution < -0.4 is 0 Å². The number of piperidine rings is 1. The Morgan fingerprint density at radius 1 is 1.12 bits per heavy atom. The lowest BCUT2D eigenvalue weighted by atomic mass is 10.0. The van der Waals surface area contributed by atoms with Gasteiger partial charge in [0.25, 0.3) is 0 Å². The van der Waals surface area contributed by atoms with Crippen molar-refractivity contribution in [2.75, 3.05) is 19.6 Å². The molecular weight excluding hydrogens is 216 g/mol. The summed E-state index contributed by atoms with van der Waals surface area (Å²) in [5, 5.41) is 0. The number of hydrogen-bond acceptors (Lipinski definition) is 2. The first kappa shape index (κ1) is 11.1. The Labute approximate surface area is 102 Å². The molecule has 2 saturated heterocycles. The quantitative estimate of drug-likeness (QED) is 0.718. The first-order valence-electron chi connectivity index (χ1n) is 6.84. The van der Waals surface area contributed by atoms with Gasteiger partial charge < -0.3 is 9.80 Å². The van der Waals surface area contributed by atoms with Crippen LogP contribution in [0.3, 0.4) is 0 Å². The molecule has 0 bridgehead atoms.